The van der Waals surface area contributed by atoms with Crippen molar-refractivity contribution in [3.63, 3.8) is 0 Å². The lowest BCUT2D eigenvalue weighted by atomic mass is 10.1. The van der Waals surface area contributed by atoms with Gasteiger partial charge in [0, 0.05) is 6.54 Å². The Morgan fingerprint density at radius 1 is 1.13 bits per heavy atom. The van der Waals surface area contributed by atoms with Crippen LogP contribution < -0.4 is 19.9 Å². The Kier molecular flexibility index (Phi) is 5.41. The molecule has 0 amide bonds. The number of sulfonamides is 1. The number of nitrogens with zero attached hydrogens (tertiary/aromatic N) is 1. The summed E-state index contributed by atoms with van der Waals surface area (Å²) in [4.78, 5) is 3.81. The summed E-state index contributed by atoms with van der Waals surface area (Å²) in [5, 5.41) is -0.0565. The summed E-state index contributed by atoms with van der Waals surface area (Å²) in [5.41, 5.74) is 6.84. The molecule has 0 saturated heterocycles. The van der Waals surface area contributed by atoms with Gasteiger partial charge in [0.05, 0.1) is 26.1 Å². The fourth-order valence-corrected chi connectivity index (χ4v) is 2.95. The Morgan fingerprint density at radius 3 is 2.48 bits per heavy atom. The van der Waals surface area contributed by atoms with Gasteiger partial charge in [0.1, 0.15) is 0 Å². The van der Waals surface area contributed by atoms with Gasteiger partial charge in [-0.25, -0.2) is 18.1 Å². The first kappa shape index (κ1) is 17.0. The zero-order valence-corrected chi connectivity index (χ0v) is 13.8. The molecule has 3 N–H and O–H groups in total. The van der Waals surface area contributed by atoms with Crippen LogP contribution in [0.25, 0.3) is 0 Å². The van der Waals surface area contributed by atoms with Crippen LogP contribution in [-0.4, -0.2) is 34.2 Å². The molecule has 1 heterocycles. The van der Waals surface area contributed by atoms with E-state index < -0.39 is 10.0 Å². The van der Waals surface area contributed by atoms with Crippen LogP contribution in [0.15, 0.2) is 41.6 Å². The molecule has 23 heavy (non-hydrogen) atoms. The van der Waals surface area contributed by atoms with Crippen molar-refractivity contribution in [2.24, 2.45) is 0 Å². The van der Waals surface area contributed by atoms with Crippen LogP contribution >= 0.6 is 0 Å². The SMILES string of the molecule is COc1ccc(CCNS(=O)(=O)c2ccc(N)cn2)cc1OC. The van der Waals surface area contributed by atoms with E-state index in [-0.39, 0.29) is 11.6 Å². The van der Waals surface area contributed by atoms with E-state index >= 15 is 0 Å². The average Bonchev–Trinajstić information content (AvgIpc) is 2.55. The molecule has 8 heteroatoms. The third-order valence-electron chi connectivity index (χ3n) is 3.19. The van der Waals surface area contributed by atoms with Gasteiger partial charge in [-0.2, -0.15) is 0 Å². The standard InChI is InChI=1S/C15H19N3O4S/c1-21-13-5-3-11(9-14(13)22-2)7-8-18-23(19,20)15-6-4-12(16)10-17-15/h3-6,9-10,18H,7-8,16H2,1-2H3. The summed E-state index contributed by atoms with van der Waals surface area (Å²) < 4.78 is 37.1. The summed E-state index contributed by atoms with van der Waals surface area (Å²) in [6.07, 6.45) is 1.82. The number of rotatable bonds is 7. The number of hydrogen-bond acceptors (Lipinski definition) is 6. The second kappa shape index (κ2) is 7.30. The summed E-state index contributed by atoms with van der Waals surface area (Å²) >= 11 is 0. The van der Waals surface area contributed by atoms with Gasteiger partial charge in [-0.05, 0) is 36.2 Å². The first-order valence-corrected chi connectivity index (χ1v) is 8.36. The Balaban J connectivity index is 2.00. The van der Waals surface area contributed by atoms with E-state index in [1.165, 1.54) is 18.3 Å². The molecule has 0 radical (unpaired) electrons. The molecule has 0 unspecified atom stereocenters. The molecule has 1 aromatic carbocycles. The van der Waals surface area contributed by atoms with Crippen molar-refractivity contribution < 1.29 is 17.9 Å². The first-order valence-electron chi connectivity index (χ1n) is 6.88. The number of methoxy groups -OCH3 is 2. The highest BCUT2D eigenvalue weighted by Gasteiger charge is 2.14. The molecule has 0 bridgehead atoms. The predicted molar refractivity (Wildman–Crippen MR) is 87.1 cm³/mol. The normalized spacial score (nSPS) is 11.2. The van der Waals surface area contributed by atoms with Crippen LogP contribution in [0.3, 0.4) is 0 Å². The Hall–Kier alpha value is -2.32. The van der Waals surface area contributed by atoms with Gasteiger partial charge >= 0.3 is 0 Å². The maximum atomic E-state index is 12.1. The number of ether oxygens (including phenoxy) is 2. The molecule has 0 saturated carbocycles. The fraction of sp³-hybridized carbons (Fsp3) is 0.267. The van der Waals surface area contributed by atoms with Crippen molar-refractivity contribution in [1.29, 1.82) is 0 Å². The van der Waals surface area contributed by atoms with Crippen molar-refractivity contribution in [1.82, 2.24) is 9.71 Å². The third-order valence-corrected chi connectivity index (χ3v) is 4.56. The second-order valence-electron chi connectivity index (χ2n) is 4.77. The van der Waals surface area contributed by atoms with Gasteiger partial charge in [-0.15, -0.1) is 0 Å². The Labute approximate surface area is 135 Å². The first-order chi connectivity index (χ1) is 11.0. The van der Waals surface area contributed by atoms with Gasteiger partial charge in [0.15, 0.2) is 16.5 Å². The molecule has 0 aliphatic heterocycles. The molecule has 0 fully saturated rings. The number of nitrogen functional groups attached to an aromatic ring is 1. The van der Waals surface area contributed by atoms with Crippen LogP contribution in [0.5, 0.6) is 11.5 Å². The van der Waals surface area contributed by atoms with Gasteiger partial charge in [0.2, 0.25) is 0 Å². The second-order valence-corrected chi connectivity index (χ2v) is 6.48. The largest absolute Gasteiger partial charge is 0.493 e. The van der Waals surface area contributed by atoms with E-state index in [4.69, 9.17) is 15.2 Å². The van der Waals surface area contributed by atoms with E-state index in [1.54, 1.807) is 20.3 Å². The average molecular weight is 337 g/mol. The zero-order chi connectivity index (χ0) is 16.9. The molecule has 0 atom stereocenters. The topological polar surface area (TPSA) is 104 Å². The minimum atomic E-state index is -3.65. The maximum absolute atomic E-state index is 12.1. The zero-order valence-electron chi connectivity index (χ0n) is 12.9. The summed E-state index contributed by atoms with van der Waals surface area (Å²) in [6, 6.07) is 8.32. The summed E-state index contributed by atoms with van der Waals surface area (Å²) in [6.45, 7) is 0.240. The molecular weight excluding hydrogens is 318 g/mol. The molecule has 2 aromatic rings. The molecule has 1 aromatic heterocycles. The molecule has 0 aliphatic carbocycles. The Bertz CT molecular complexity index is 761. The van der Waals surface area contributed by atoms with Gasteiger partial charge in [0.25, 0.3) is 10.0 Å². The van der Waals surface area contributed by atoms with Gasteiger partial charge in [-0.3, -0.25) is 0 Å². The number of anilines is 1. The van der Waals surface area contributed by atoms with Gasteiger partial charge < -0.3 is 15.2 Å². The van der Waals surface area contributed by atoms with Gasteiger partial charge in [-0.1, -0.05) is 6.07 Å². The van der Waals surface area contributed by atoms with E-state index in [0.717, 1.165) is 5.56 Å². The van der Waals surface area contributed by atoms with Crippen LogP contribution in [0, 0.1) is 0 Å². The molecule has 7 nitrogen and oxygen atoms in total. The van der Waals surface area contributed by atoms with E-state index in [1.807, 2.05) is 12.1 Å². The van der Waals surface area contributed by atoms with Crippen molar-refractivity contribution >= 4 is 15.7 Å². The smallest absolute Gasteiger partial charge is 0.258 e. The third kappa shape index (κ3) is 4.33. The number of pyridine rings is 1. The van der Waals surface area contributed by atoms with Crippen molar-refractivity contribution in [3.05, 3.63) is 42.1 Å². The molecule has 2 rings (SSSR count). The van der Waals surface area contributed by atoms with E-state index in [9.17, 15) is 8.42 Å². The highest BCUT2D eigenvalue weighted by Crippen LogP contribution is 2.27. The van der Waals surface area contributed by atoms with Crippen molar-refractivity contribution in [2.75, 3.05) is 26.5 Å². The lowest BCUT2D eigenvalue weighted by Crippen LogP contribution is -2.26. The molecule has 0 aliphatic rings. The van der Waals surface area contributed by atoms with Crippen molar-refractivity contribution in [2.45, 2.75) is 11.4 Å². The molecule has 0 spiro atoms. The van der Waals surface area contributed by atoms with E-state index in [0.29, 0.717) is 23.6 Å². The molecular formula is C15H19N3O4S. The fourth-order valence-electron chi connectivity index (χ4n) is 1.99. The highest BCUT2D eigenvalue weighted by atomic mass is 32.2. The van der Waals surface area contributed by atoms with Crippen LogP contribution in [-0.2, 0) is 16.4 Å². The van der Waals surface area contributed by atoms with E-state index in [2.05, 4.69) is 9.71 Å². The quantitative estimate of drug-likeness (QED) is 0.787. The van der Waals surface area contributed by atoms with Crippen molar-refractivity contribution in [3.8, 4) is 11.5 Å². The maximum Gasteiger partial charge on any atom is 0.258 e. The highest BCUT2D eigenvalue weighted by molar-refractivity contribution is 7.89. The molecule has 124 valence electrons. The predicted octanol–water partition coefficient (Wildman–Crippen LogP) is 1.20. The summed E-state index contributed by atoms with van der Waals surface area (Å²) in [7, 11) is -0.535. The van der Waals surface area contributed by atoms with Crippen LogP contribution in [0.4, 0.5) is 5.69 Å². The monoisotopic (exact) mass is 337 g/mol. The van der Waals surface area contributed by atoms with Crippen LogP contribution in [0.1, 0.15) is 5.56 Å². The number of benzene rings is 1. The summed E-state index contributed by atoms with van der Waals surface area (Å²) in [5.74, 6) is 1.23. The minimum absolute atomic E-state index is 0.0565. The number of aromatic nitrogens is 1. The Morgan fingerprint density at radius 2 is 1.87 bits per heavy atom. The minimum Gasteiger partial charge on any atom is -0.493 e. The van der Waals surface area contributed by atoms with Crippen LogP contribution in [0.2, 0.25) is 0 Å². The number of nitrogens with one attached hydrogen (secondary N) is 1. The number of hydrogen-bond donors (Lipinski definition) is 2. The lowest BCUT2D eigenvalue weighted by molar-refractivity contribution is 0.354. The lowest BCUT2D eigenvalue weighted by Gasteiger charge is -2.10. The number of nitrogens with two attached hydrogens (primary N) is 1.